The lowest BCUT2D eigenvalue weighted by Gasteiger charge is -2.18. The first-order valence-electron chi connectivity index (χ1n) is 9.05. The maximum atomic E-state index is 12.9. The first kappa shape index (κ1) is 23.1. The monoisotopic (exact) mass is 427 g/mol. The third-order valence-electron chi connectivity index (χ3n) is 4.03. The Balaban J connectivity index is 2.15. The van der Waals surface area contributed by atoms with Crippen molar-refractivity contribution < 1.29 is 33.8 Å². The fraction of sp³-hybridized carbons (Fsp3) is 0.190. The van der Waals surface area contributed by atoms with Crippen molar-refractivity contribution >= 4 is 29.5 Å². The fourth-order valence-electron chi connectivity index (χ4n) is 2.49. The summed E-state index contributed by atoms with van der Waals surface area (Å²) in [5.74, 6) is -2.74. The van der Waals surface area contributed by atoms with E-state index in [1.807, 2.05) is 0 Å². The number of amidine groups is 1. The number of hydrogen-bond acceptors (Lipinski definition) is 7. The predicted molar refractivity (Wildman–Crippen MR) is 109 cm³/mol. The van der Waals surface area contributed by atoms with E-state index >= 15 is 0 Å². The van der Waals surface area contributed by atoms with E-state index in [0.29, 0.717) is 5.56 Å². The molecule has 2 rings (SSSR count). The molecule has 1 amide bonds. The molecule has 1 atom stereocenters. The number of aliphatic carboxylic acids is 1. The van der Waals surface area contributed by atoms with Gasteiger partial charge < -0.3 is 25.6 Å². The van der Waals surface area contributed by atoms with E-state index in [0.717, 1.165) is 0 Å². The largest absolute Gasteiger partial charge is 0.482 e. The van der Waals surface area contributed by atoms with Crippen LogP contribution in [0.4, 0.5) is 0 Å². The van der Waals surface area contributed by atoms with Gasteiger partial charge in [-0.2, -0.15) is 0 Å². The smallest absolute Gasteiger partial charge is 0.341 e. The van der Waals surface area contributed by atoms with Gasteiger partial charge in [-0.1, -0.05) is 12.1 Å². The molecule has 10 heteroatoms. The number of ether oxygens (including phenoxy) is 2. The van der Waals surface area contributed by atoms with Gasteiger partial charge in [0.05, 0.1) is 0 Å². The molecule has 5 N–H and O–H groups in total. The van der Waals surface area contributed by atoms with Crippen LogP contribution in [-0.2, 0) is 14.3 Å². The molecule has 0 aliphatic carbocycles. The summed E-state index contributed by atoms with van der Waals surface area (Å²) in [6.07, 6.45) is 0. The van der Waals surface area contributed by atoms with Crippen molar-refractivity contribution in [1.29, 1.82) is 5.41 Å². The minimum Gasteiger partial charge on any atom is -0.482 e. The second-order valence-corrected chi connectivity index (χ2v) is 6.39. The Morgan fingerprint density at radius 3 is 2.06 bits per heavy atom. The zero-order chi connectivity index (χ0) is 23.0. The highest BCUT2D eigenvalue weighted by Gasteiger charge is 2.24. The highest BCUT2D eigenvalue weighted by Crippen LogP contribution is 2.14. The Morgan fingerprint density at radius 2 is 1.55 bits per heavy atom. The Labute approximate surface area is 177 Å². The average molecular weight is 427 g/mol. The molecule has 162 valence electrons. The number of Topliss-reactive ketones (excluding diaryl/α,β-unsaturated/α-hetero) is 1. The van der Waals surface area contributed by atoms with Gasteiger partial charge in [0.2, 0.25) is 0 Å². The quantitative estimate of drug-likeness (QED) is 0.188. The zero-order valence-corrected chi connectivity index (χ0v) is 16.6. The molecule has 0 aliphatic rings. The minimum atomic E-state index is -1.16. The Bertz CT molecular complexity index is 985. The summed E-state index contributed by atoms with van der Waals surface area (Å²) < 4.78 is 9.93. The van der Waals surface area contributed by atoms with E-state index in [1.54, 1.807) is 0 Å². The number of esters is 1. The van der Waals surface area contributed by atoms with Crippen LogP contribution in [-0.4, -0.2) is 53.8 Å². The summed E-state index contributed by atoms with van der Waals surface area (Å²) in [4.78, 5) is 47.2. The van der Waals surface area contributed by atoms with Gasteiger partial charge in [0.1, 0.15) is 24.2 Å². The van der Waals surface area contributed by atoms with Crippen molar-refractivity contribution in [3.8, 4) is 5.75 Å². The summed E-state index contributed by atoms with van der Waals surface area (Å²) >= 11 is 0. The molecule has 0 aromatic heterocycles. The van der Waals surface area contributed by atoms with Crippen molar-refractivity contribution in [2.45, 2.75) is 13.0 Å². The third-order valence-corrected chi connectivity index (χ3v) is 4.03. The summed E-state index contributed by atoms with van der Waals surface area (Å²) in [6, 6.07) is 10.4. The lowest BCUT2D eigenvalue weighted by Crippen LogP contribution is -2.44. The van der Waals surface area contributed by atoms with Gasteiger partial charge in [0.15, 0.2) is 12.4 Å². The molecule has 0 saturated heterocycles. The van der Waals surface area contributed by atoms with Gasteiger partial charge in [-0.05, 0) is 36.4 Å². The van der Waals surface area contributed by atoms with Crippen molar-refractivity contribution in [1.82, 2.24) is 5.32 Å². The SMILES string of the molecule is CC(=O)OC[C@H](NC(=O)c1ccc(C(=N)N)cc1)C(=O)c1ccc(OCC(=O)O)cc1. The molecule has 0 fully saturated rings. The number of ketones is 1. The normalized spacial score (nSPS) is 11.1. The van der Waals surface area contributed by atoms with Crippen LogP contribution < -0.4 is 15.8 Å². The van der Waals surface area contributed by atoms with E-state index in [9.17, 15) is 19.2 Å². The third kappa shape index (κ3) is 6.96. The number of carbonyl (C=O) groups excluding carboxylic acids is 3. The van der Waals surface area contributed by atoms with E-state index < -0.39 is 36.3 Å². The van der Waals surface area contributed by atoms with Gasteiger partial charge in [0, 0.05) is 23.6 Å². The van der Waals surface area contributed by atoms with E-state index in [2.05, 4.69) is 5.32 Å². The topological polar surface area (TPSA) is 169 Å². The van der Waals surface area contributed by atoms with Crippen LogP contribution in [0.1, 0.15) is 33.2 Å². The summed E-state index contributed by atoms with van der Waals surface area (Å²) in [7, 11) is 0. The number of nitrogens with two attached hydrogens (primary N) is 1. The number of carboxylic acid groups (broad SMARTS) is 1. The average Bonchev–Trinajstić information content (AvgIpc) is 2.74. The minimum absolute atomic E-state index is 0.148. The van der Waals surface area contributed by atoms with Crippen LogP contribution in [0, 0.1) is 5.41 Å². The lowest BCUT2D eigenvalue weighted by atomic mass is 10.0. The van der Waals surface area contributed by atoms with Crippen LogP contribution in [0.3, 0.4) is 0 Å². The molecule has 0 unspecified atom stereocenters. The summed E-state index contributed by atoms with van der Waals surface area (Å²) in [6.45, 7) is 0.280. The second kappa shape index (κ2) is 10.5. The molecule has 31 heavy (non-hydrogen) atoms. The van der Waals surface area contributed by atoms with E-state index in [1.165, 1.54) is 55.5 Å². The van der Waals surface area contributed by atoms with Crippen LogP contribution in [0.5, 0.6) is 5.75 Å². The number of carbonyl (C=O) groups is 4. The van der Waals surface area contributed by atoms with Crippen LogP contribution in [0.2, 0.25) is 0 Å². The standard InChI is InChI=1S/C21H21N3O7/c1-12(25)30-10-17(24-21(29)15-4-2-14(3-5-15)20(22)23)19(28)13-6-8-16(9-7-13)31-11-18(26)27/h2-9,17H,10-11H2,1H3,(H3,22,23)(H,24,29)(H,26,27)/t17-/m0/s1. The lowest BCUT2D eigenvalue weighted by molar-refractivity contribution is -0.141. The fourth-order valence-corrected chi connectivity index (χ4v) is 2.49. The molecular formula is C21H21N3O7. The van der Waals surface area contributed by atoms with Crippen molar-refractivity contribution in [2.24, 2.45) is 5.73 Å². The molecule has 2 aromatic carbocycles. The van der Waals surface area contributed by atoms with E-state index in [4.69, 9.17) is 25.7 Å². The molecule has 0 spiro atoms. The number of nitrogens with one attached hydrogen (secondary N) is 2. The number of hydrogen-bond donors (Lipinski definition) is 4. The Morgan fingerprint density at radius 1 is 1.00 bits per heavy atom. The summed E-state index contributed by atoms with van der Waals surface area (Å²) in [5, 5.41) is 18.5. The zero-order valence-electron chi connectivity index (χ0n) is 16.6. The molecule has 0 bridgehead atoms. The van der Waals surface area contributed by atoms with Gasteiger partial charge in [-0.3, -0.25) is 19.8 Å². The van der Waals surface area contributed by atoms with Crippen LogP contribution in [0.15, 0.2) is 48.5 Å². The van der Waals surface area contributed by atoms with Gasteiger partial charge in [-0.15, -0.1) is 0 Å². The molecular weight excluding hydrogens is 406 g/mol. The summed E-state index contributed by atoms with van der Waals surface area (Å²) in [5.41, 5.74) is 6.25. The van der Waals surface area contributed by atoms with Crippen molar-refractivity contribution in [2.75, 3.05) is 13.2 Å². The maximum Gasteiger partial charge on any atom is 0.341 e. The van der Waals surface area contributed by atoms with Crippen LogP contribution in [0.25, 0.3) is 0 Å². The highest BCUT2D eigenvalue weighted by atomic mass is 16.5. The molecule has 2 aromatic rings. The second-order valence-electron chi connectivity index (χ2n) is 6.39. The molecule has 10 nitrogen and oxygen atoms in total. The highest BCUT2D eigenvalue weighted by molar-refractivity contribution is 6.05. The Hall–Kier alpha value is -4.21. The number of benzene rings is 2. The number of carboxylic acids is 1. The molecule has 0 heterocycles. The Kier molecular flexibility index (Phi) is 7.84. The number of rotatable bonds is 10. The van der Waals surface area contributed by atoms with Gasteiger partial charge in [-0.25, -0.2) is 4.79 Å². The predicted octanol–water partition coefficient (Wildman–Crippen LogP) is 0.978. The molecule has 0 radical (unpaired) electrons. The number of amides is 1. The maximum absolute atomic E-state index is 12.9. The van der Waals surface area contributed by atoms with Crippen molar-refractivity contribution in [3.63, 3.8) is 0 Å². The first-order valence-corrected chi connectivity index (χ1v) is 9.05. The molecule has 0 aliphatic heterocycles. The van der Waals surface area contributed by atoms with Gasteiger partial charge in [0.25, 0.3) is 5.91 Å². The van der Waals surface area contributed by atoms with E-state index in [-0.39, 0.29) is 29.3 Å². The van der Waals surface area contributed by atoms with Crippen molar-refractivity contribution in [3.05, 3.63) is 65.2 Å². The van der Waals surface area contributed by atoms with Gasteiger partial charge >= 0.3 is 11.9 Å². The van der Waals surface area contributed by atoms with Crippen LogP contribution >= 0.6 is 0 Å². The number of nitrogen functional groups attached to an aromatic ring is 1. The molecule has 0 saturated carbocycles. The first-order chi connectivity index (χ1) is 14.7.